The van der Waals surface area contributed by atoms with E-state index >= 15 is 0 Å². The maximum absolute atomic E-state index is 6.03. The Morgan fingerprint density at radius 2 is 2.27 bits per heavy atom. The maximum atomic E-state index is 6.03. The smallest absolute Gasteiger partial charge is 0.0543 e. The average Bonchev–Trinajstić information content (AvgIpc) is 2.23. The van der Waals surface area contributed by atoms with Crippen molar-refractivity contribution in [3.8, 4) is 0 Å². The molecule has 0 fully saturated rings. The zero-order chi connectivity index (χ0) is 11.1. The molecular weight excluding hydrogens is 230 g/mol. The summed E-state index contributed by atoms with van der Waals surface area (Å²) >= 11 is 7.75. The maximum Gasteiger partial charge on any atom is 0.0543 e. The number of anilines is 1. The van der Waals surface area contributed by atoms with E-state index in [0.717, 1.165) is 41.0 Å². The van der Waals surface area contributed by atoms with Gasteiger partial charge in [0.15, 0.2) is 0 Å². The summed E-state index contributed by atoms with van der Waals surface area (Å²) in [5.41, 5.74) is 6.44. The first kappa shape index (κ1) is 12.7. The average molecular weight is 246 g/mol. The fourth-order valence-corrected chi connectivity index (χ4v) is 2.31. The van der Waals surface area contributed by atoms with Crippen LogP contribution in [0.4, 0.5) is 5.69 Å². The number of hydrogen-bond acceptors (Lipinski definition) is 3. The van der Waals surface area contributed by atoms with Gasteiger partial charge in [-0.15, -0.1) is 11.8 Å². The minimum atomic E-state index is 0.756. The molecule has 1 aromatic carbocycles. The summed E-state index contributed by atoms with van der Waals surface area (Å²) in [5.74, 6) is 1.00. The first-order chi connectivity index (χ1) is 7.24. The fraction of sp³-hybridized carbons (Fsp3) is 0.455. The molecule has 0 heterocycles. The molecule has 0 radical (unpaired) electrons. The number of ether oxygens (including phenoxy) is 1. The number of nitrogens with two attached hydrogens (primary N) is 1. The molecule has 0 amide bonds. The van der Waals surface area contributed by atoms with Crippen molar-refractivity contribution in [2.75, 3.05) is 24.7 Å². The lowest BCUT2D eigenvalue weighted by atomic mass is 10.3. The molecule has 0 aliphatic heterocycles. The molecule has 0 aromatic heterocycles. The largest absolute Gasteiger partial charge is 0.399 e. The van der Waals surface area contributed by atoms with Crippen molar-refractivity contribution in [2.45, 2.75) is 18.2 Å². The van der Waals surface area contributed by atoms with Gasteiger partial charge < -0.3 is 10.5 Å². The van der Waals surface area contributed by atoms with Gasteiger partial charge in [0, 0.05) is 29.5 Å². The first-order valence-corrected chi connectivity index (χ1v) is 6.36. The summed E-state index contributed by atoms with van der Waals surface area (Å²) in [7, 11) is 0. The van der Waals surface area contributed by atoms with Crippen molar-refractivity contribution in [1.82, 2.24) is 0 Å². The summed E-state index contributed by atoms with van der Waals surface area (Å²) in [6.45, 7) is 3.59. The molecule has 0 spiro atoms. The van der Waals surface area contributed by atoms with Gasteiger partial charge >= 0.3 is 0 Å². The van der Waals surface area contributed by atoms with Crippen LogP contribution in [-0.2, 0) is 4.74 Å². The second-order valence-electron chi connectivity index (χ2n) is 3.09. The monoisotopic (exact) mass is 245 g/mol. The van der Waals surface area contributed by atoms with E-state index < -0.39 is 0 Å². The van der Waals surface area contributed by atoms with Crippen molar-refractivity contribution in [1.29, 1.82) is 0 Å². The van der Waals surface area contributed by atoms with Crippen LogP contribution < -0.4 is 5.73 Å². The van der Waals surface area contributed by atoms with Gasteiger partial charge in [0.05, 0.1) is 5.02 Å². The molecule has 0 atom stereocenters. The Balaban J connectivity index is 2.33. The molecule has 2 nitrogen and oxygen atoms in total. The lowest BCUT2D eigenvalue weighted by Gasteiger charge is -2.05. The van der Waals surface area contributed by atoms with Crippen molar-refractivity contribution in [3.63, 3.8) is 0 Å². The van der Waals surface area contributed by atoms with Crippen LogP contribution in [0.2, 0.25) is 5.02 Å². The molecule has 4 heteroatoms. The SMILES string of the molecule is CCOCCCSc1cc(N)ccc1Cl. The van der Waals surface area contributed by atoms with Gasteiger partial charge in [-0.3, -0.25) is 0 Å². The summed E-state index contributed by atoms with van der Waals surface area (Å²) in [6.07, 6.45) is 1.03. The van der Waals surface area contributed by atoms with Gasteiger partial charge in [0.2, 0.25) is 0 Å². The fourth-order valence-electron chi connectivity index (χ4n) is 1.12. The molecule has 0 unspecified atom stereocenters. The minimum Gasteiger partial charge on any atom is -0.399 e. The quantitative estimate of drug-likeness (QED) is 0.474. The van der Waals surface area contributed by atoms with E-state index in [1.807, 2.05) is 25.1 Å². The Morgan fingerprint density at radius 3 is 3.00 bits per heavy atom. The highest BCUT2D eigenvalue weighted by Crippen LogP contribution is 2.29. The highest BCUT2D eigenvalue weighted by molar-refractivity contribution is 7.99. The zero-order valence-electron chi connectivity index (χ0n) is 8.83. The van der Waals surface area contributed by atoms with Crippen LogP contribution in [0.25, 0.3) is 0 Å². The van der Waals surface area contributed by atoms with Crippen molar-refractivity contribution >= 4 is 29.1 Å². The molecular formula is C11H16ClNOS. The van der Waals surface area contributed by atoms with Crippen molar-refractivity contribution < 1.29 is 4.74 Å². The molecule has 15 heavy (non-hydrogen) atoms. The van der Waals surface area contributed by atoms with E-state index in [9.17, 15) is 0 Å². The van der Waals surface area contributed by atoms with Crippen LogP contribution in [0.15, 0.2) is 23.1 Å². The Kier molecular flexibility index (Phi) is 5.91. The summed E-state index contributed by atoms with van der Waals surface area (Å²) in [5, 5.41) is 0.769. The van der Waals surface area contributed by atoms with Crippen LogP contribution in [-0.4, -0.2) is 19.0 Å². The van der Waals surface area contributed by atoms with Crippen LogP contribution >= 0.6 is 23.4 Å². The van der Waals surface area contributed by atoms with Gasteiger partial charge in [-0.1, -0.05) is 11.6 Å². The van der Waals surface area contributed by atoms with E-state index in [2.05, 4.69) is 0 Å². The highest BCUT2D eigenvalue weighted by atomic mass is 35.5. The molecule has 0 aliphatic rings. The normalized spacial score (nSPS) is 10.5. The van der Waals surface area contributed by atoms with E-state index in [1.165, 1.54) is 0 Å². The molecule has 0 bridgehead atoms. The van der Waals surface area contributed by atoms with E-state index in [-0.39, 0.29) is 0 Å². The minimum absolute atomic E-state index is 0.756. The first-order valence-electron chi connectivity index (χ1n) is 4.99. The van der Waals surface area contributed by atoms with Gasteiger partial charge in [-0.25, -0.2) is 0 Å². The Hall–Kier alpha value is -0.380. The topological polar surface area (TPSA) is 35.2 Å². The third-order valence-corrected chi connectivity index (χ3v) is 3.43. The molecule has 0 saturated heterocycles. The Labute approximate surface area is 100 Å². The van der Waals surface area contributed by atoms with Crippen LogP contribution in [0.3, 0.4) is 0 Å². The third kappa shape index (κ3) is 4.78. The molecule has 1 aromatic rings. The summed E-state index contributed by atoms with van der Waals surface area (Å²) < 4.78 is 5.25. The molecule has 0 saturated carbocycles. The number of hydrogen-bond donors (Lipinski definition) is 1. The Bertz CT molecular complexity index is 307. The van der Waals surface area contributed by atoms with E-state index in [4.69, 9.17) is 22.1 Å². The zero-order valence-corrected chi connectivity index (χ0v) is 10.4. The van der Waals surface area contributed by atoms with Gasteiger partial charge in [0.25, 0.3) is 0 Å². The number of rotatable bonds is 6. The van der Waals surface area contributed by atoms with Crippen LogP contribution in [0.5, 0.6) is 0 Å². The van der Waals surface area contributed by atoms with Crippen LogP contribution in [0.1, 0.15) is 13.3 Å². The second-order valence-corrected chi connectivity index (χ2v) is 4.63. The molecule has 84 valence electrons. The number of thioether (sulfide) groups is 1. The highest BCUT2D eigenvalue weighted by Gasteiger charge is 2.01. The van der Waals surface area contributed by atoms with Crippen molar-refractivity contribution in [3.05, 3.63) is 23.2 Å². The molecule has 0 aliphatic carbocycles. The van der Waals surface area contributed by atoms with E-state index in [1.54, 1.807) is 11.8 Å². The summed E-state index contributed by atoms with van der Waals surface area (Å²) in [6, 6.07) is 5.56. The van der Waals surface area contributed by atoms with E-state index in [0.29, 0.717) is 0 Å². The van der Waals surface area contributed by atoms with Gasteiger partial charge in [-0.05, 0) is 31.5 Å². The second kappa shape index (κ2) is 6.99. The number of benzene rings is 1. The lowest BCUT2D eigenvalue weighted by Crippen LogP contribution is -1.94. The standard InChI is InChI=1S/C11H16ClNOS/c1-2-14-6-3-7-15-11-8-9(13)4-5-10(11)12/h4-5,8H,2-3,6-7,13H2,1H3. The Morgan fingerprint density at radius 1 is 1.47 bits per heavy atom. The third-order valence-electron chi connectivity index (χ3n) is 1.85. The number of nitrogen functional groups attached to an aromatic ring is 1. The number of halogens is 1. The van der Waals surface area contributed by atoms with Gasteiger partial charge in [0.1, 0.15) is 0 Å². The van der Waals surface area contributed by atoms with Crippen LogP contribution in [0, 0.1) is 0 Å². The predicted molar refractivity (Wildman–Crippen MR) is 67.7 cm³/mol. The van der Waals surface area contributed by atoms with Crippen molar-refractivity contribution in [2.24, 2.45) is 0 Å². The van der Waals surface area contributed by atoms with Gasteiger partial charge in [-0.2, -0.15) is 0 Å². The lowest BCUT2D eigenvalue weighted by molar-refractivity contribution is 0.149. The molecule has 1 rings (SSSR count). The molecule has 2 N–H and O–H groups in total. The predicted octanol–water partition coefficient (Wildman–Crippen LogP) is 3.44. The summed E-state index contributed by atoms with van der Waals surface area (Å²) in [4.78, 5) is 1.05.